The number of rotatable bonds is 5. The maximum Gasteiger partial charge on any atom is 0.408 e. The SMILES string of the molecule is C[S+](C)CCC(NC(=O)OC(C)(C)C)C(=O)NC(C)(C)C.[I-]. The first-order chi connectivity index (χ1) is 9.30. The summed E-state index contributed by atoms with van der Waals surface area (Å²) < 4.78 is 5.23. The summed E-state index contributed by atoms with van der Waals surface area (Å²) in [4.78, 5) is 24.2. The number of nitrogens with one attached hydrogen (secondary N) is 2. The van der Waals surface area contributed by atoms with E-state index in [0.717, 1.165) is 5.75 Å². The first-order valence-corrected chi connectivity index (χ1v) is 9.37. The molecule has 7 heteroatoms. The molecule has 0 rings (SSSR count). The summed E-state index contributed by atoms with van der Waals surface area (Å²) in [5.41, 5.74) is -0.903. The fraction of sp³-hybridized carbons (Fsp3) is 0.867. The third kappa shape index (κ3) is 13.5. The number of carbonyl (C=O) groups excluding carboxylic acids is 2. The van der Waals surface area contributed by atoms with Crippen LogP contribution in [0.1, 0.15) is 48.0 Å². The molecule has 0 aliphatic carbocycles. The summed E-state index contributed by atoms with van der Waals surface area (Å²) in [5.74, 6) is 0.719. The van der Waals surface area contributed by atoms with Gasteiger partial charge in [0.25, 0.3) is 0 Å². The number of hydrogen-bond donors (Lipinski definition) is 2. The van der Waals surface area contributed by atoms with Crippen molar-refractivity contribution >= 4 is 22.9 Å². The molecule has 1 unspecified atom stereocenters. The molecule has 0 fully saturated rings. The second kappa shape index (κ2) is 9.85. The topological polar surface area (TPSA) is 67.4 Å². The first-order valence-electron chi connectivity index (χ1n) is 7.16. The molecule has 0 saturated heterocycles. The standard InChI is InChI=1S/C15H30N2O3S.HI/c1-14(2,3)17-12(18)11(9-10-21(7)8)16-13(19)20-15(4,5)6;/h11H,9-10H2,1-8H3,(H-,16,17,18,19);1H. The Morgan fingerprint density at radius 1 is 1.09 bits per heavy atom. The third-order valence-electron chi connectivity index (χ3n) is 2.32. The lowest BCUT2D eigenvalue weighted by atomic mass is 10.1. The Morgan fingerprint density at radius 2 is 1.59 bits per heavy atom. The van der Waals surface area contributed by atoms with Crippen molar-refractivity contribution in [2.24, 2.45) is 0 Å². The predicted molar refractivity (Wildman–Crippen MR) is 89.8 cm³/mol. The van der Waals surface area contributed by atoms with E-state index in [0.29, 0.717) is 6.42 Å². The van der Waals surface area contributed by atoms with E-state index in [9.17, 15) is 9.59 Å². The molecule has 0 heterocycles. The van der Waals surface area contributed by atoms with E-state index in [1.54, 1.807) is 20.8 Å². The minimum Gasteiger partial charge on any atom is -1.00 e. The van der Waals surface area contributed by atoms with Gasteiger partial charge in [-0.1, -0.05) is 0 Å². The molecule has 22 heavy (non-hydrogen) atoms. The zero-order valence-electron chi connectivity index (χ0n) is 15.0. The molecule has 0 aromatic heterocycles. The van der Waals surface area contributed by atoms with Crippen molar-refractivity contribution in [2.75, 3.05) is 18.3 Å². The normalized spacial score (nSPS) is 13.1. The van der Waals surface area contributed by atoms with Gasteiger partial charge in [0.15, 0.2) is 0 Å². The Bertz CT molecular complexity index is 363. The number of alkyl carbamates (subject to hydrolysis) is 1. The van der Waals surface area contributed by atoms with Crippen LogP contribution < -0.4 is 34.6 Å². The molecular weight excluding hydrogens is 415 g/mol. The molecule has 0 spiro atoms. The smallest absolute Gasteiger partial charge is 0.408 e. The number of hydrogen-bond acceptors (Lipinski definition) is 3. The number of carbonyl (C=O) groups is 2. The van der Waals surface area contributed by atoms with E-state index in [-0.39, 0.29) is 46.3 Å². The van der Waals surface area contributed by atoms with Gasteiger partial charge in [-0.25, -0.2) is 4.79 Å². The molecule has 0 aliphatic rings. The van der Waals surface area contributed by atoms with Gasteiger partial charge >= 0.3 is 6.09 Å². The highest BCUT2D eigenvalue weighted by molar-refractivity contribution is 7.95. The summed E-state index contributed by atoms with van der Waals surface area (Å²) in [5, 5.41) is 5.59. The van der Waals surface area contributed by atoms with Crippen LogP contribution in [-0.2, 0) is 20.4 Å². The second-order valence-electron chi connectivity index (χ2n) is 7.42. The van der Waals surface area contributed by atoms with Gasteiger partial charge in [0.2, 0.25) is 5.91 Å². The predicted octanol–water partition coefficient (Wildman–Crippen LogP) is -0.934. The zero-order valence-corrected chi connectivity index (χ0v) is 18.0. The van der Waals surface area contributed by atoms with Gasteiger partial charge in [-0.05, 0) is 52.4 Å². The Kier molecular flexibility index (Phi) is 10.8. The van der Waals surface area contributed by atoms with Gasteiger partial charge in [-0.15, -0.1) is 0 Å². The van der Waals surface area contributed by atoms with Crippen molar-refractivity contribution in [1.82, 2.24) is 10.6 Å². The maximum absolute atomic E-state index is 12.3. The van der Waals surface area contributed by atoms with Crippen LogP contribution in [0, 0.1) is 0 Å². The Balaban J connectivity index is 0. The summed E-state index contributed by atoms with van der Waals surface area (Å²) in [6, 6.07) is -0.561. The minimum atomic E-state index is -0.574. The molecule has 2 N–H and O–H groups in total. The molecule has 0 saturated carbocycles. The number of halogens is 1. The highest BCUT2D eigenvalue weighted by Gasteiger charge is 2.27. The lowest BCUT2D eigenvalue weighted by Gasteiger charge is -2.26. The first kappa shape index (κ1) is 24.1. The number of amides is 2. The van der Waals surface area contributed by atoms with Crippen molar-refractivity contribution in [1.29, 1.82) is 0 Å². The van der Waals surface area contributed by atoms with Gasteiger partial charge in [0.1, 0.15) is 17.4 Å². The average molecular weight is 446 g/mol. The van der Waals surface area contributed by atoms with Crippen LogP contribution in [0.5, 0.6) is 0 Å². The highest BCUT2D eigenvalue weighted by atomic mass is 127. The van der Waals surface area contributed by atoms with Crippen molar-refractivity contribution in [3.8, 4) is 0 Å². The van der Waals surface area contributed by atoms with Crippen molar-refractivity contribution in [3.05, 3.63) is 0 Å². The molecule has 132 valence electrons. The highest BCUT2D eigenvalue weighted by Crippen LogP contribution is 2.08. The van der Waals surface area contributed by atoms with Crippen LogP contribution >= 0.6 is 0 Å². The zero-order chi connectivity index (χ0) is 16.8. The molecule has 0 aliphatic heterocycles. The summed E-state index contributed by atoms with van der Waals surface area (Å²) in [7, 11) is 0.218. The quantitative estimate of drug-likeness (QED) is 0.424. The van der Waals surface area contributed by atoms with Gasteiger partial charge in [-0.2, -0.15) is 0 Å². The second-order valence-corrected chi connectivity index (χ2v) is 9.80. The van der Waals surface area contributed by atoms with Gasteiger partial charge in [0.05, 0.1) is 12.5 Å². The van der Waals surface area contributed by atoms with Gasteiger partial charge in [-0.3, -0.25) is 4.79 Å². The van der Waals surface area contributed by atoms with E-state index >= 15 is 0 Å². The third-order valence-corrected chi connectivity index (χ3v) is 3.37. The van der Waals surface area contributed by atoms with E-state index in [2.05, 4.69) is 23.1 Å². The summed E-state index contributed by atoms with van der Waals surface area (Å²) >= 11 is 0. The number of ether oxygens (including phenoxy) is 1. The Morgan fingerprint density at radius 3 is 1.95 bits per heavy atom. The Hall–Kier alpha value is -0.180. The molecule has 0 aromatic rings. The van der Waals surface area contributed by atoms with Crippen LogP contribution in [-0.4, -0.2) is 47.4 Å². The molecule has 2 amide bonds. The fourth-order valence-corrected chi connectivity index (χ4v) is 2.24. The summed E-state index contributed by atoms with van der Waals surface area (Å²) in [6.45, 7) is 11.1. The molecule has 0 radical (unpaired) electrons. The van der Waals surface area contributed by atoms with Gasteiger partial charge in [0, 0.05) is 12.0 Å². The minimum absolute atomic E-state index is 0. The molecule has 0 bridgehead atoms. The van der Waals surface area contributed by atoms with E-state index in [4.69, 9.17) is 4.74 Å². The van der Waals surface area contributed by atoms with Crippen molar-refractivity contribution in [2.45, 2.75) is 65.1 Å². The van der Waals surface area contributed by atoms with Crippen molar-refractivity contribution in [3.63, 3.8) is 0 Å². The van der Waals surface area contributed by atoms with Gasteiger partial charge < -0.3 is 39.3 Å². The monoisotopic (exact) mass is 446 g/mol. The molecule has 5 nitrogen and oxygen atoms in total. The van der Waals surface area contributed by atoms with E-state index in [1.807, 2.05) is 20.8 Å². The van der Waals surface area contributed by atoms with Crippen LogP contribution in [0.15, 0.2) is 0 Å². The van der Waals surface area contributed by atoms with E-state index < -0.39 is 17.7 Å². The van der Waals surface area contributed by atoms with Crippen LogP contribution in [0.4, 0.5) is 4.79 Å². The Labute approximate surface area is 155 Å². The largest absolute Gasteiger partial charge is 1.00 e. The van der Waals surface area contributed by atoms with Crippen LogP contribution in [0.2, 0.25) is 0 Å². The molecule has 0 aromatic carbocycles. The lowest BCUT2D eigenvalue weighted by molar-refractivity contribution is -0.124. The fourth-order valence-electron chi connectivity index (χ4n) is 1.53. The molecule has 1 atom stereocenters. The average Bonchev–Trinajstić information content (AvgIpc) is 2.18. The van der Waals surface area contributed by atoms with Crippen LogP contribution in [0.3, 0.4) is 0 Å². The lowest BCUT2D eigenvalue weighted by Crippen LogP contribution is -3.00. The van der Waals surface area contributed by atoms with Crippen LogP contribution in [0.25, 0.3) is 0 Å². The maximum atomic E-state index is 12.3. The summed E-state index contributed by atoms with van der Waals surface area (Å²) in [6.07, 6.45) is 4.29. The molecular formula is C15H31IN2O3S. The van der Waals surface area contributed by atoms with Crippen molar-refractivity contribution < 1.29 is 38.3 Å². The van der Waals surface area contributed by atoms with E-state index in [1.165, 1.54) is 0 Å².